The molecule has 3 aromatic heterocycles. The maximum absolute atomic E-state index is 13.7. The monoisotopic (exact) mass is 483 g/mol. The van der Waals surface area contributed by atoms with Gasteiger partial charge in [-0.15, -0.1) is 0 Å². The summed E-state index contributed by atoms with van der Waals surface area (Å²) >= 11 is 0. The predicted molar refractivity (Wildman–Crippen MR) is 124 cm³/mol. The fourth-order valence-corrected chi connectivity index (χ4v) is 5.17. The molecule has 0 radical (unpaired) electrons. The summed E-state index contributed by atoms with van der Waals surface area (Å²) in [4.78, 5) is 25.8. The number of rotatable bonds is 6. The summed E-state index contributed by atoms with van der Waals surface area (Å²) in [6, 6.07) is 11.1. The highest BCUT2D eigenvalue weighted by atomic mass is 32.2. The van der Waals surface area contributed by atoms with Gasteiger partial charge in [0.05, 0.1) is 28.8 Å². The molecule has 0 aliphatic rings. The number of imidazole rings is 1. The molecule has 0 bridgehead atoms. The van der Waals surface area contributed by atoms with Crippen LogP contribution in [0.2, 0.25) is 0 Å². The molecule has 0 saturated carbocycles. The van der Waals surface area contributed by atoms with Crippen molar-refractivity contribution in [1.29, 1.82) is 0 Å². The number of benzene rings is 2. The first-order valence-electron chi connectivity index (χ1n) is 10.5. The molecule has 5 aromatic rings. The smallest absolute Gasteiger partial charge is 0.419 e. The van der Waals surface area contributed by atoms with Crippen LogP contribution < -0.4 is 16.2 Å². The molecule has 34 heavy (non-hydrogen) atoms. The Labute approximate surface area is 193 Å². The first-order chi connectivity index (χ1) is 16.2. The van der Waals surface area contributed by atoms with Crippen LogP contribution in [0.15, 0.2) is 67.7 Å². The van der Waals surface area contributed by atoms with E-state index >= 15 is 0 Å². The van der Waals surface area contributed by atoms with E-state index in [-0.39, 0.29) is 21.6 Å². The molecule has 0 spiro atoms. The van der Waals surface area contributed by atoms with Crippen LogP contribution in [0, 0.1) is 0 Å². The molecular formula is C22H21N5O6S. The number of ether oxygens (including phenoxy) is 1. The Kier molecular flexibility index (Phi) is 4.97. The molecule has 0 atom stereocenters. The van der Waals surface area contributed by atoms with Gasteiger partial charge in [-0.2, -0.15) is 17.5 Å². The quantitative estimate of drug-likeness (QED) is 0.362. The predicted octanol–water partition coefficient (Wildman–Crippen LogP) is 2.00. The summed E-state index contributed by atoms with van der Waals surface area (Å²) in [5, 5.41) is 3.69. The number of nitrogens with zero attached hydrogens (tertiary/aromatic N) is 5. The van der Waals surface area contributed by atoms with Gasteiger partial charge < -0.3 is 9.15 Å². The molecule has 0 amide bonds. The van der Waals surface area contributed by atoms with Crippen molar-refractivity contribution < 1.29 is 17.6 Å². The zero-order chi connectivity index (χ0) is 24.2. The number of fused-ring (bicyclic) bond motifs is 2. The second-order valence-corrected chi connectivity index (χ2v) is 9.53. The number of oxazole rings is 1. The third-order valence-corrected chi connectivity index (χ3v) is 7.04. The van der Waals surface area contributed by atoms with Gasteiger partial charge in [-0.25, -0.2) is 9.59 Å². The van der Waals surface area contributed by atoms with Crippen LogP contribution in [0.5, 0.6) is 5.75 Å². The fraction of sp³-hybridized carbons (Fsp3) is 0.227. The summed E-state index contributed by atoms with van der Waals surface area (Å²) in [5.41, 5.74) is 0.495. The topological polar surface area (TPSA) is 123 Å². The lowest BCUT2D eigenvalue weighted by molar-refractivity contribution is 0.317. The standard InChI is InChI=1S/C22H21N5O6S/c1-4-10-32-15-7-5-6-14(11-15)26-16-12-18-19(33-22(29)25(18)3)13-17(16)27(21(26)28)34(30,31)20-8-9-24(2)23-20/h5-9,11-13H,4,10H2,1-3H3. The summed E-state index contributed by atoms with van der Waals surface area (Å²) in [6.45, 7) is 2.47. The van der Waals surface area contributed by atoms with Gasteiger partial charge in [0, 0.05) is 32.4 Å². The molecule has 3 heterocycles. The lowest BCUT2D eigenvalue weighted by Gasteiger charge is -2.08. The Balaban J connectivity index is 1.88. The van der Waals surface area contributed by atoms with E-state index in [1.54, 1.807) is 37.4 Å². The van der Waals surface area contributed by atoms with E-state index in [0.29, 0.717) is 27.5 Å². The Morgan fingerprint density at radius 2 is 1.82 bits per heavy atom. The molecule has 0 saturated heterocycles. The van der Waals surface area contributed by atoms with E-state index in [0.717, 1.165) is 6.42 Å². The lowest BCUT2D eigenvalue weighted by atomic mass is 10.2. The second kappa shape index (κ2) is 7.76. The van der Waals surface area contributed by atoms with Crippen molar-refractivity contribution in [3.8, 4) is 11.4 Å². The van der Waals surface area contributed by atoms with Crippen molar-refractivity contribution >= 4 is 32.2 Å². The molecule has 2 aromatic carbocycles. The lowest BCUT2D eigenvalue weighted by Crippen LogP contribution is -2.29. The van der Waals surface area contributed by atoms with Gasteiger partial charge >= 0.3 is 11.4 Å². The van der Waals surface area contributed by atoms with Gasteiger partial charge in [0.25, 0.3) is 10.0 Å². The number of hydrogen-bond donors (Lipinski definition) is 0. The summed E-state index contributed by atoms with van der Waals surface area (Å²) in [7, 11) is -1.26. The van der Waals surface area contributed by atoms with Gasteiger partial charge in [-0.3, -0.25) is 13.8 Å². The molecule has 0 aliphatic heterocycles. The number of aromatic nitrogens is 5. The minimum absolute atomic E-state index is 0.0531. The average Bonchev–Trinajstić information content (AvgIpc) is 3.45. The van der Waals surface area contributed by atoms with Crippen molar-refractivity contribution in [3.63, 3.8) is 0 Å². The van der Waals surface area contributed by atoms with Crippen molar-refractivity contribution in [1.82, 2.24) is 22.9 Å². The maximum atomic E-state index is 13.7. The second-order valence-electron chi connectivity index (χ2n) is 7.80. The van der Waals surface area contributed by atoms with Gasteiger partial charge in [0.2, 0.25) is 0 Å². The largest absolute Gasteiger partial charge is 0.494 e. The van der Waals surface area contributed by atoms with E-state index < -0.39 is 21.5 Å². The Bertz CT molecular complexity index is 1780. The highest BCUT2D eigenvalue weighted by Gasteiger charge is 2.29. The van der Waals surface area contributed by atoms with E-state index in [1.807, 2.05) is 6.92 Å². The fourth-order valence-electron chi connectivity index (χ4n) is 3.83. The highest BCUT2D eigenvalue weighted by Crippen LogP contribution is 2.27. The van der Waals surface area contributed by atoms with Gasteiger partial charge in [-0.1, -0.05) is 13.0 Å². The van der Waals surface area contributed by atoms with Gasteiger partial charge in [0.15, 0.2) is 10.6 Å². The van der Waals surface area contributed by atoms with Crippen LogP contribution in [-0.2, 0) is 24.1 Å². The Morgan fingerprint density at radius 3 is 2.53 bits per heavy atom. The van der Waals surface area contributed by atoms with Crippen LogP contribution in [0.4, 0.5) is 0 Å². The van der Waals surface area contributed by atoms with Crippen LogP contribution in [0.1, 0.15) is 13.3 Å². The third-order valence-electron chi connectivity index (χ3n) is 5.46. The molecule has 0 unspecified atom stereocenters. The Hall–Kier alpha value is -4.06. The summed E-state index contributed by atoms with van der Waals surface area (Å²) in [6.07, 6.45) is 2.28. The molecule has 5 rings (SSSR count). The zero-order valence-electron chi connectivity index (χ0n) is 18.6. The summed E-state index contributed by atoms with van der Waals surface area (Å²) in [5.74, 6) is -0.0674. The van der Waals surface area contributed by atoms with Crippen LogP contribution in [0.3, 0.4) is 0 Å². The third kappa shape index (κ3) is 3.25. The minimum atomic E-state index is -4.37. The molecule has 0 fully saturated rings. The van der Waals surface area contributed by atoms with E-state index in [2.05, 4.69) is 5.10 Å². The molecular weight excluding hydrogens is 462 g/mol. The van der Waals surface area contributed by atoms with E-state index in [1.165, 1.54) is 39.2 Å². The SMILES string of the molecule is CCCOc1cccc(-n2c(=O)n(S(=O)(=O)c3ccn(C)n3)c3cc4oc(=O)n(C)c4cc32)c1. The van der Waals surface area contributed by atoms with Crippen LogP contribution in [-0.4, -0.2) is 37.9 Å². The number of aryl methyl sites for hydroxylation is 2. The molecule has 12 heteroatoms. The first-order valence-corrected chi connectivity index (χ1v) is 11.9. The van der Waals surface area contributed by atoms with Gasteiger partial charge in [0.1, 0.15) is 5.75 Å². The van der Waals surface area contributed by atoms with E-state index in [9.17, 15) is 18.0 Å². The zero-order valence-corrected chi connectivity index (χ0v) is 19.4. The van der Waals surface area contributed by atoms with E-state index in [4.69, 9.17) is 9.15 Å². The molecule has 0 N–H and O–H groups in total. The van der Waals surface area contributed by atoms with Crippen LogP contribution >= 0.6 is 0 Å². The normalized spacial score (nSPS) is 12.1. The molecule has 176 valence electrons. The average molecular weight is 484 g/mol. The minimum Gasteiger partial charge on any atom is -0.494 e. The first kappa shape index (κ1) is 21.8. The van der Waals surface area contributed by atoms with Gasteiger partial charge in [-0.05, 0) is 30.7 Å². The summed E-state index contributed by atoms with van der Waals surface area (Å²) < 4.78 is 42.5. The van der Waals surface area contributed by atoms with Crippen molar-refractivity contribution in [2.24, 2.45) is 14.1 Å². The highest BCUT2D eigenvalue weighted by molar-refractivity contribution is 7.90. The van der Waals surface area contributed by atoms with Crippen LogP contribution in [0.25, 0.3) is 27.8 Å². The number of hydrogen-bond acceptors (Lipinski definition) is 7. The Morgan fingerprint density at radius 1 is 1.03 bits per heavy atom. The van der Waals surface area contributed by atoms with Crippen molar-refractivity contribution in [2.75, 3.05) is 6.61 Å². The van der Waals surface area contributed by atoms with Crippen molar-refractivity contribution in [2.45, 2.75) is 18.4 Å². The molecule has 0 aliphatic carbocycles. The van der Waals surface area contributed by atoms with Crippen molar-refractivity contribution in [3.05, 3.63) is 69.7 Å². The molecule has 11 nitrogen and oxygen atoms in total. The maximum Gasteiger partial charge on any atom is 0.419 e.